The van der Waals surface area contributed by atoms with E-state index in [1.807, 2.05) is 18.2 Å². The lowest BCUT2D eigenvalue weighted by Gasteiger charge is -2.21. The molecule has 1 N–H and O–H groups in total. The largest absolute Gasteiger partial charge is 0.495 e. The van der Waals surface area contributed by atoms with Gasteiger partial charge in [-0.05, 0) is 30.9 Å². The fraction of sp³-hybridized carbons (Fsp3) is 0.533. The molecule has 104 valence electrons. The molecule has 4 nitrogen and oxygen atoms in total. The number of rotatable bonds is 5. The highest BCUT2D eigenvalue weighted by atomic mass is 16.5. The van der Waals surface area contributed by atoms with Gasteiger partial charge >= 0.3 is 5.97 Å². The monoisotopic (exact) mass is 263 g/mol. The van der Waals surface area contributed by atoms with Gasteiger partial charge in [-0.1, -0.05) is 19.1 Å². The first-order valence-corrected chi connectivity index (χ1v) is 6.72. The van der Waals surface area contributed by atoms with E-state index in [0.717, 1.165) is 37.4 Å². The summed E-state index contributed by atoms with van der Waals surface area (Å²) in [7, 11) is 1.68. The average Bonchev–Trinajstić information content (AvgIpc) is 2.86. The third kappa shape index (κ3) is 3.19. The van der Waals surface area contributed by atoms with Gasteiger partial charge < -0.3 is 14.7 Å². The molecule has 1 aromatic rings. The predicted molar refractivity (Wildman–Crippen MR) is 74.7 cm³/mol. The smallest absolute Gasteiger partial charge is 0.306 e. The van der Waals surface area contributed by atoms with Gasteiger partial charge in [0.2, 0.25) is 0 Å². The Bertz CT molecular complexity index is 447. The van der Waals surface area contributed by atoms with E-state index >= 15 is 0 Å². The van der Waals surface area contributed by atoms with E-state index in [1.165, 1.54) is 0 Å². The molecular weight excluding hydrogens is 242 g/mol. The van der Waals surface area contributed by atoms with Gasteiger partial charge in [0.1, 0.15) is 5.75 Å². The van der Waals surface area contributed by atoms with Gasteiger partial charge in [-0.15, -0.1) is 0 Å². The summed E-state index contributed by atoms with van der Waals surface area (Å²) in [6.07, 6.45) is 1.80. The summed E-state index contributed by atoms with van der Waals surface area (Å²) < 4.78 is 5.38. The second-order valence-corrected chi connectivity index (χ2v) is 5.25. The maximum atomic E-state index is 10.9. The van der Waals surface area contributed by atoms with Crippen LogP contribution in [0, 0.1) is 11.8 Å². The first-order chi connectivity index (χ1) is 9.11. The number of para-hydroxylation sites is 2. The van der Waals surface area contributed by atoms with Crippen LogP contribution in [0.1, 0.15) is 19.8 Å². The van der Waals surface area contributed by atoms with Crippen LogP contribution in [0.5, 0.6) is 5.75 Å². The number of carboxylic acids is 1. The zero-order valence-electron chi connectivity index (χ0n) is 11.5. The summed E-state index contributed by atoms with van der Waals surface area (Å²) in [5.74, 6) is 0.379. The molecule has 4 heteroatoms. The van der Waals surface area contributed by atoms with Crippen molar-refractivity contribution in [2.24, 2.45) is 11.8 Å². The maximum absolute atomic E-state index is 10.9. The van der Waals surface area contributed by atoms with E-state index in [4.69, 9.17) is 9.84 Å². The van der Waals surface area contributed by atoms with E-state index in [1.54, 1.807) is 14.0 Å². The Labute approximate surface area is 114 Å². The zero-order chi connectivity index (χ0) is 13.8. The predicted octanol–water partition coefficient (Wildman–Crippen LogP) is 2.63. The topological polar surface area (TPSA) is 49.8 Å². The van der Waals surface area contributed by atoms with Crippen molar-refractivity contribution in [3.8, 4) is 5.75 Å². The average molecular weight is 263 g/mol. The number of aliphatic carboxylic acids is 1. The standard InChI is InChI=1S/C15H21NO3/c1-11(15(17)18)9-12-7-8-16(10-12)13-5-3-4-6-14(13)19-2/h3-6,11-12H,7-10H2,1-2H3,(H,17,18). The Morgan fingerprint density at radius 2 is 2.26 bits per heavy atom. The molecule has 2 unspecified atom stereocenters. The number of hydrogen-bond acceptors (Lipinski definition) is 3. The van der Waals surface area contributed by atoms with Gasteiger partial charge in [-0.3, -0.25) is 4.79 Å². The summed E-state index contributed by atoms with van der Waals surface area (Å²) in [6.45, 7) is 3.67. The van der Waals surface area contributed by atoms with Crippen LogP contribution < -0.4 is 9.64 Å². The van der Waals surface area contributed by atoms with Crippen molar-refractivity contribution in [2.75, 3.05) is 25.1 Å². The van der Waals surface area contributed by atoms with Crippen LogP contribution in [-0.2, 0) is 4.79 Å². The minimum atomic E-state index is -0.698. The summed E-state index contributed by atoms with van der Waals surface area (Å²) in [5, 5.41) is 8.97. The van der Waals surface area contributed by atoms with Crippen molar-refractivity contribution in [1.29, 1.82) is 0 Å². The highest BCUT2D eigenvalue weighted by Gasteiger charge is 2.27. The van der Waals surface area contributed by atoms with Crippen LogP contribution in [0.3, 0.4) is 0 Å². The molecule has 1 aromatic carbocycles. The number of carboxylic acid groups (broad SMARTS) is 1. The molecule has 19 heavy (non-hydrogen) atoms. The summed E-state index contributed by atoms with van der Waals surface area (Å²) in [6, 6.07) is 7.98. The molecule has 1 saturated heterocycles. The normalized spacial score (nSPS) is 20.3. The lowest BCUT2D eigenvalue weighted by molar-refractivity contribution is -0.141. The van der Waals surface area contributed by atoms with E-state index in [-0.39, 0.29) is 5.92 Å². The second kappa shape index (κ2) is 5.95. The fourth-order valence-electron chi connectivity index (χ4n) is 2.74. The van der Waals surface area contributed by atoms with Crippen LogP contribution >= 0.6 is 0 Å². The molecule has 1 aliphatic heterocycles. The van der Waals surface area contributed by atoms with E-state index in [9.17, 15) is 4.79 Å². The quantitative estimate of drug-likeness (QED) is 0.887. The van der Waals surface area contributed by atoms with Crippen LogP contribution in [0.25, 0.3) is 0 Å². The Kier molecular flexibility index (Phi) is 4.30. The molecule has 0 amide bonds. The van der Waals surface area contributed by atoms with Crippen LogP contribution in [0.2, 0.25) is 0 Å². The van der Waals surface area contributed by atoms with Crippen molar-refractivity contribution < 1.29 is 14.6 Å². The SMILES string of the molecule is COc1ccccc1N1CCC(CC(C)C(=O)O)C1. The second-order valence-electron chi connectivity index (χ2n) is 5.25. The number of nitrogens with zero attached hydrogens (tertiary/aromatic N) is 1. The Morgan fingerprint density at radius 1 is 1.53 bits per heavy atom. The molecule has 0 spiro atoms. The zero-order valence-corrected chi connectivity index (χ0v) is 11.5. The fourth-order valence-corrected chi connectivity index (χ4v) is 2.74. The molecule has 1 heterocycles. The van der Waals surface area contributed by atoms with Crippen LogP contribution in [-0.4, -0.2) is 31.3 Å². The van der Waals surface area contributed by atoms with Gasteiger partial charge in [0.05, 0.1) is 18.7 Å². The van der Waals surface area contributed by atoms with Crippen molar-refractivity contribution in [1.82, 2.24) is 0 Å². The molecule has 0 aliphatic carbocycles. The van der Waals surface area contributed by atoms with Crippen molar-refractivity contribution in [3.05, 3.63) is 24.3 Å². The Balaban J connectivity index is 2.00. The van der Waals surface area contributed by atoms with Gasteiger partial charge in [0.15, 0.2) is 0 Å². The molecule has 1 fully saturated rings. The highest BCUT2D eigenvalue weighted by molar-refractivity contribution is 5.69. The summed E-state index contributed by atoms with van der Waals surface area (Å²) >= 11 is 0. The third-order valence-electron chi connectivity index (χ3n) is 3.82. The number of ether oxygens (including phenoxy) is 1. The lowest BCUT2D eigenvalue weighted by atomic mass is 9.95. The summed E-state index contributed by atoms with van der Waals surface area (Å²) in [5.41, 5.74) is 1.11. The first kappa shape index (κ1) is 13.7. The minimum absolute atomic E-state index is 0.261. The molecule has 1 aliphatic rings. The molecule has 0 aromatic heterocycles. The van der Waals surface area contributed by atoms with E-state index in [2.05, 4.69) is 11.0 Å². The number of hydrogen-bond donors (Lipinski definition) is 1. The van der Waals surface area contributed by atoms with Crippen LogP contribution in [0.15, 0.2) is 24.3 Å². The third-order valence-corrected chi connectivity index (χ3v) is 3.82. The summed E-state index contributed by atoms with van der Waals surface area (Å²) in [4.78, 5) is 13.2. The highest BCUT2D eigenvalue weighted by Crippen LogP contribution is 2.33. The van der Waals surface area contributed by atoms with Gasteiger partial charge in [-0.2, -0.15) is 0 Å². The molecule has 2 rings (SSSR count). The number of anilines is 1. The van der Waals surface area contributed by atoms with Crippen molar-refractivity contribution >= 4 is 11.7 Å². The van der Waals surface area contributed by atoms with E-state index < -0.39 is 5.97 Å². The molecule has 0 bridgehead atoms. The lowest BCUT2D eigenvalue weighted by Crippen LogP contribution is -2.22. The molecule has 0 saturated carbocycles. The molecule has 0 radical (unpaired) electrons. The Morgan fingerprint density at radius 3 is 2.95 bits per heavy atom. The van der Waals surface area contributed by atoms with Crippen molar-refractivity contribution in [3.63, 3.8) is 0 Å². The maximum Gasteiger partial charge on any atom is 0.306 e. The number of methoxy groups -OCH3 is 1. The molecule has 2 atom stereocenters. The minimum Gasteiger partial charge on any atom is -0.495 e. The number of carbonyl (C=O) groups is 1. The van der Waals surface area contributed by atoms with Gasteiger partial charge in [0.25, 0.3) is 0 Å². The molecular formula is C15H21NO3. The van der Waals surface area contributed by atoms with E-state index in [0.29, 0.717) is 5.92 Å². The number of benzene rings is 1. The van der Waals surface area contributed by atoms with Crippen molar-refractivity contribution in [2.45, 2.75) is 19.8 Å². The van der Waals surface area contributed by atoms with Crippen LogP contribution in [0.4, 0.5) is 5.69 Å². The van der Waals surface area contributed by atoms with Gasteiger partial charge in [0, 0.05) is 13.1 Å². The Hall–Kier alpha value is -1.71. The van der Waals surface area contributed by atoms with Gasteiger partial charge in [-0.25, -0.2) is 0 Å². The first-order valence-electron chi connectivity index (χ1n) is 6.72.